The van der Waals surface area contributed by atoms with Crippen LogP contribution in [0.25, 0.3) is 0 Å². The molecule has 0 saturated carbocycles. The van der Waals surface area contributed by atoms with Crippen molar-refractivity contribution < 1.29 is 14.3 Å². The van der Waals surface area contributed by atoms with Gasteiger partial charge in [-0.2, -0.15) is 0 Å². The third-order valence-corrected chi connectivity index (χ3v) is 7.76. The number of aryl methyl sites for hydroxylation is 1. The van der Waals surface area contributed by atoms with Gasteiger partial charge in [0.25, 0.3) is 0 Å². The van der Waals surface area contributed by atoms with Crippen LogP contribution in [-0.2, 0) is 14.9 Å². The number of likely N-dealkylation sites (tertiary alicyclic amines) is 2. The molecule has 2 amide bonds. The van der Waals surface area contributed by atoms with Gasteiger partial charge in [-0.1, -0.05) is 31.9 Å². The fourth-order valence-corrected chi connectivity index (χ4v) is 6.00. The van der Waals surface area contributed by atoms with Gasteiger partial charge in [-0.15, -0.1) is 0 Å². The minimum absolute atomic E-state index is 0.0901. The van der Waals surface area contributed by atoms with Crippen molar-refractivity contribution in [1.82, 2.24) is 9.80 Å². The maximum Gasteiger partial charge on any atom is 0.409 e. The van der Waals surface area contributed by atoms with E-state index < -0.39 is 0 Å². The lowest BCUT2D eigenvalue weighted by Crippen LogP contribution is -2.47. The van der Waals surface area contributed by atoms with Gasteiger partial charge in [0.1, 0.15) is 0 Å². The monoisotopic (exact) mass is 441 g/mol. The maximum atomic E-state index is 12.3. The number of carbonyl (C=O) groups excluding carboxylic acids is 2. The van der Waals surface area contributed by atoms with Gasteiger partial charge in [-0.3, -0.25) is 4.79 Å². The summed E-state index contributed by atoms with van der Waals surface area (Å²) in [6, 6.07) is 6.36. The summed E-state index contributed by atoms with van der Waals surface area (Å²) in [4.78, 5) is 31.1. The molecule has 1 spiro atoms. The van der Waals surface area contributed by atoms with Crippen LogP contribution in [0.4, 0.5) is 10.5 Å². The number of piperidine rings is 1. The number of nitrogens with zero attached hydrogens (tertiary/aromatic N) is 3. The Labute approximate surface area is 192 Å². The molecule has 1 aromatic carbocycles. The number of hydrogen-bond donors (Lipinski definition) is 0. The van der Waals surface area contributed by atoms with Gasteiger partial charge in [-0.25, -0.2) is 4.79 Å². The first-order chi connectivity index (χ1) is 15.4. The predicted octanol–water partition coefficient (Wildman–Crippen LogP) is 4.34. The fourth-order valence-electron chi connectivity index (χ4n) is 6.00. The van der Waals surface area contributed by atoms with Crippen molar-refractivity contribution in [1.29, 1.82) is 0 Å². The van der Waals surface area contributed by atoms with Crippen molar-refractivity contribution >= 4 is 17.7 Å². The van der Waals surface area contributed by atoms with Gasteiger partial charge < -0.3 is 19.4 Å². The molecule has 0 N–H and O–H groups in total. The summed E-state index contributed by atoms with van der Waals surface area (Å²) in [5.41, 5.74) is 3.92. The van der Waals surface area contributed by atoms with Gasteiger partial charge in [0, 0.05) is 44.2 Å². The number of benzene rings is 1. The van der Waals surface area contributed by atoms with Crippen LogP contribution in [0.5, 0.6) is 0 Å². The van der Waals surface area contributed by atoms with E-state index in [2.05, 4.69) is 36.9 Å². The van der Waals surface area contributed by atoms with Crippen LogP contribution in [0.1, 0.15) is 63.5 Å². The van der Waals surface area contributed by atoms with Crippen molar-refractivity contribution in [2.45, 2.75) is 64.7 Å². The van der Waals surface area contributed by atoms with Crippen LogP contribution in [0.15, 0.2) is 18.2 Å². The van der Waals surface area contributed by atoms with E-state index in [1.54, 1.807) is 6.92 Å². The van der Waals surface area contributed by atoms with E-state index in [0.29, 0.717) is 12.5 Å². The molecule has 0 aromatic heterocycles. The summed E-state index contributed by atoms with van der Waals surface area (Å²) in [5.74, 6) is 0.669. The standard InChI is InChI=1S/C26H39N3O3/c1-4-5-6-16-32-25(31)28-13-10-22(18-28)17-27-14-11-26(12-15-27)19-29(21(3)30)23-9-7-8-20(2)24(23)26/h7-9,22H,4-6,10-19H2,1-3H3/t22-/m0/s1. The first-order valence-electron chi connectivity index (χ1n) is 12.5. The Hall–Kier alpha value is -2.08. The Balaban J connectivity index is 1.30. The predicted molar refractivity (Wildman–Crippen MR) is 127 cm³/mol. The third-order valence-electron chi connectivity index (χ3n) is 7.76. The second kappa shape index (κ2) is 9.82. The van der Waals surface area contributed by atoms with Crippen LogP contribution in [0.2, 0.25) is 0 Å². The number of carbonyl (C=O) groups is 2. The average Bonchev–Trinajstić information content (AvgIpc) is 3.37. The summed E-state index contributed by atoms with van der Waals surface area (Å²) in [5, 5.41) is 0. The maximum absolute atomic E-state index is 12.3. The van der Waals surface area contributed by atoms with E-state index in [1.807, 2.05) is 9.80 Å². The summed E-state index contributed by atoms with van der Waals surface area (Å²) in [7, 11) is 0. The smallest absolute Gasteiger partial charge is 0.409 e. The number of fused-ring (bicyclic) bond motifs is 2. The van der Waals surface area contributed by atoms with Crippen molar-refractivity contribution in [3.05, 3.63) is 29.3 Å². The summed E-state index contributed by atoms with van der Waals surface area (Å²) >= 11 is 0. The number of unbranched alkanes of at least 4 members (excludes halogenated alkanes) is 2. The molecule has 0 radical (unpaired) electrons. The van der Waals surface area contributed by atoms with Crippen molar-refractivity contribution in [2.24, 2.45) is 5.92 Å². The summed E-state index contributed by atoms with van der Waals surface area (Å²) in [6.45, 7) is 12.2. The Morgan fingerprint density at radius 2 is 1.94 bits per heavy atom. The van der Waals surface area contributed by atoms with E-state index in [4.69, 9.17) is 4.74 Å². The number of ether oxygens (including phenoxy) is 1. The second-order valence-electron chi connectivity index (χ2n) is 10.1. The minimum Gasteiger partial charge on any atom is -0.449 e. The van der Waals surface area contributed by atoms with Gasteiger partial charge in [0.15, 0.2) is 0 Å². The first-order valence-corrected chi connectivity index (χ1v) is 12.5. The minimum atomic E-state index is -0.136. The second-order valence-corrected chi connectivity index (χ2v) is 10.1. The molecule has 4 rings (SSSR count). The lowest BCUT2D eigenvalue weighted by molar-refractivity contribution is -0.116. The molecule has 3 aliphatic rings. The topological polar surface area (TPSA) is 53.1 Å². The lowest BCUT2D eigenvalue weighted by atomic mass is 9.72. The number of amides is 2. The molecule has 1 atom stereocenters. The van der Waals surface area contributed by atoms with Crippen molar-refractivity contribution in [3.8, 4) is 0 Å². The Morgan fingerprint density at radius 1 is 1.16 bits per heavy atom. The fraction of sp³-hybridized carbons (Fsp3) is 0.692. The van der Waals surface area contributed by atoms with Crippen LogP contribution >= 0.6 is 0 Å². The van der Waals surface area contributed by atoms with E-state index in [9.17, 15) is 9.59 Å². The normalized spacial score (nSPS) is 22.4. The van der Waals surface area contributed by atoms with Gasteiger partial charge in [0.2, 0.25) is 5.91 Å². The van der Waals surface area contributed by atoms with Crippen LogP contribution < -0.4 is 4.90 Å². The molecular weight excluding hydrogens is 402 g/mol. The Bertz CT molecular complexity index is 832. The molecule has 2 saturated heterocycles. The molecule has 6 heteroatoms. The Morgan fingerprint density at radius 3 is 2.66 bits per heavy atom. The zero-order chi connectivity index (χ0) is 22.7. The molecule has 6 nitrogen and oxygen atoms in total. The molecule has 0 bridgehead atoms. The molecule has 0 aliphatic carbocycles. The number of anilines is 1. The molecular formula is C26H39N3O3. The van der Waals surface area contributed by atoms with E-state index in [1.165, 1.54) is 11.1 Å². The van der Waals surface area contributed by atoms with Crippen molar-refractivity contribution in [3.63, 3.8) is 0 Å². The third kappa shape index (κ3) is 4.66. The SMILES string of the molecule is CCCCCOC(=O)N1CC[C@@H](CN2CCC3(CC2)CN(C(C)=O)c2cccc(C)c23)C1. The van der Waals surface area contributed by atoms with Crippen LogP contribution in [0, 0.1) is 12.8 Å². The molecule has 0 unspecified atom stereocenters. The first kappa shape index (κ1) is 23.1. The van der Waals surface area contributed by atoms with Gasteiger partial charge >= 0.3 is 6.09 Å². The zero-order valence-electron chi connectivity index (χ0n) is 20.1. The Kier molecular flexibility index (Phi) is 7.08. The van der Waals surface area contributed by atoms with Crippen LogP contribution in [-0.4, -0.2) is 67.7 Å². The molecule has 1 aromatic rings. The van der Waals surface area contributed by atoms with Crippen molar-refractivity contribution in [2.75, 3.05) is 50.8 Å². The number of rotatable bonds is 6. The van der Waals surface area contributed by atoms with Crippen LogP contribution in [0.3, 0.4) is 0 Å². The molecule has 3 aliphatic heterocycles. The quantitative estimate of drug-likeness (QED) is 0.616. The van der Waals surface area contributed by atoms with E-state index in [-0.39, 0.29) is 17.4 Å². The van der Waals surface area contributed by atoms with E-state index in [0.717, 1.165) is 83.5 Å². The molecule has 2 fully saturated rings. The zero-order valence-corrected chi connectivity index (χ0v) is 20.1. The molecule has 176 valence electrons. The highest BCUT2D eigenvalue weighted by Gasteiger charge is 2.46. The molecule has 3 heterocycles. The average molecular weight is 442 g/mol. The lowest BCUT2D eigenvalue weighted by Gasteiger charge is -2.41. The summed E-state index contributed by atoms with van der Waals surface area (Å²) < 4.78 is 5.44. The highest BCUT2D eigenvalue weighted by Crippen LogP contribution is 2.48. The highest BCUT2D eigenvalue weighted by molar-refractivity contribution is 5.95. The molecule has 32 heavy (non-hydrogen) atoms. The highest BCUT2D eigenvalue weighted by atomic mass is 16.6. The summed E-state index contributed by atoms with van der Waals surface area (Å²) in [6.07, 6.45) is 6.31. The van der Waals surface area contributed by atoms with Gasteiger partial charge in [0.05, 0.1) is 6.61 Å². The van der Waals surface area contributed by atoms with Gasteiger partial charge in [-0.05, 0) is 68.8 Å². The largest absolute Gasteiger partial charge is 0.449 e. The van der Waals surface area contributed by atoms with E-state index >= 15 is 0 Å². The number of hydrogen-bond acceptors (Lipinski definition) is 4.